The first kappa shape index (κ1) is 20.4. The summed E-state index contributed by atoms with van der Waals surface area (Å²) in [5.41, 5.74) is 0.511. The third-order valence-corrected chi connectivity index (χ3v) is 5.05. The molecule has 0 heterocycles. The summed E-state index contributed by atoms with van der Waals surface area (Å²) in [5, 5.41) is 2.62. The average molecular weight is 392 g/mol. The van der Waals surface area contributed by atoms with E-state index in [9.17, 15) is 18.0 Å². The second-order valence-electron chi connectivity index (χ2n) is 5.50. The van der Waals surface area contributed by atoms with Crippen LogP contribution in [0.1, 0.15) is 17.3 Å². The van der Waals surface area contributed by atoms with Gasteiger partial charge in [0.25, 0.3) is 5.91 Å². The van der Waals surface area contributed by atoms with Crippen molar-refractivity contribution in [2.75, 3.05) is 19.5 Å². The topological polar surface area (TPSA) is 111 Å². The van der Waals surface area contributed by atoms with Gasteiger partial charge in [0.15, 0.2) is 6.10 Å². The maximum absolute atomic E-state index is 12.2. The van der Waals surface area contributed by atoms with Crippen LogP contribution in [0.3, 0.4) is 0 Å². The highest BCUT2D eigenvalue weighted by Crippen LogP contribution is 2.17. The van der Waals surface area contributed by atoms with Gasteiger partial charge in [-0.15, -0.1) is 0 Å². The van der Waals surface area contributed by atoms with Crippen LogP contribution in [0.25, 0.3) is 0 Å². The van der Waals surface area contributed by atoms with E-state index in [2.05, 4.69) is 10.0 Å². The number of hydrogen-bond donors (Lipinski definition) is 2. The Bertz CT molecular complexity index is 942. The minimum absolute atomic E-state index is 0.0207. The maximum Gasteiger partial charge on any atom is 0.338 e. The SMILES string of the molecule is CNS(=O)(=O)c1cccc(C(=O)O[C@H](C)C(=O)Nc2cccc(OC)c2)c1. The first-order valence-electron chi connectivity index (χ1n) is 7.96. The van der Waals surface area contributed by atoms with Crippen LogP contribution in [-0.2, 0) is 19.6 Å². The van der Waals surface area contributed by atoms with Crippen LogP contribution in [0.2, 0.25) is 0 Å². The molecule has 0 radical (unpaired) electrons. The zero-order valence-electron chi connectivity index (χ0n) is 15.1. The first-order chi connectivity index (χ1) is 12.8. The molecule has 0 bridgehead atoms. The van der Waals surface area contributed by atoms with Gasteiger partial charge in [-0.3, -0.25) is 4.79 Å². The standard InChI is InChI=1S/C18H20N2O6S/c1-12(17(21)20-14-7-5-8-15(11-14)25-3)26-18(22)13-6-4-9-16(10-13)27(23,24)19-2/h4-12,19H,1-3H3,(H,20,21)/t12-/m1/s1. The predicted octanol–water partition coefficient (Wildman–Crippen LogP) is 1.79. The number of methoxy groups -OCH3 is 1. The van der Waals surface area contributed by atoms with Crippen LogP contribution in [0.4, 0.5) is 5.69 Å². The molecule has 27 heavy (non-hydrogen) atoms. The molecule has 8 nitrogen and oxygen atoms in total. The van der Waals surface area contributed by atoms with Gasteiger partial charge in [0.2, 0.25) is 10.0 Å². The Labute approximate surface area is 157 Å². The molecule has 1 atom stereocenters. The van der Waals surface area contributed by atoms with Crippen LogP contribution in [0, 0.1) is 0 Å². The molecule has 2 N–H and O–H groups in total. The molecule has 0 aliphatic rings. The van der Waals surface area contributed by atoms with E-state index in [-0.39, 0.29) is 10.5 Å². The molecule has 0 saturated carbocycles. The third kappa shape index (κ3) is 5.28. The third-order valence-electron chi connectivity index (χ3n) is 3.64. The summed E-state index contributed by atoms with van der Waals surface area (Å²) < 4.78 is 36.0. The summed E-state index contributed by atoms with van der Waals surface area (Å²) in [6, 6.07) is 12.1. The molecule has 0 saturated heterocycles. The molecule has 0 aliphatic heterocycles. The molecular formula is C18H20N2O6S. The van der Waals surface area contributed by atoms with E-state index in [1.54, 1.807) is 24.3 Å². The van der Waals surface area contributed by atoms with Crippen molar-refractivity contribution in [2.45, 2.75) is 17.9 Å². The van der Waals surface area contributed by atoms with Crippen LogP contribution in [0.5, 0.6) is 5.75 Å². The zero-order valence-corrected chi connectivity index (χ0v) is 15.9. The summed E-state index contributed by atoms with van der Waals surface area (Å²) in [6.07, 6.45) is -1.09. The molecule has 0 spiro atoms. The number of nitrogens with one attached hydrogen (secondary N) is 2. The normalized spacial score (nSPS) is 12.1. The van der Waals surface area contributed by atoms with Crippen molar-refractivity contribution in [2.24, 2.45) is 0 Å². The van der Waals surface area contributed by atoms with E-state index < -0.39 is 28.0 Å². The van der Waals surface area contributed by atoms with E-state index >= 15 is 0 Å². The molecule has 1 amide bonds. The number of anilines is 1. The monoisotopic (exact) mass is 392 g/mol. The van der Waals surface area contributed by atoms with E-state index in [1.807, 2.05) is 0 Å². The fraction of sp³-hybridized carbons (Fsp3) is 0.222. The maximum atomic E-state index is 12.2. The Hall–Kier alpha value is -2.91. The number of carbonyl (C=O) groups is 2. The molecule has 9 heteroatoms. The predicted molar refractivity (Wildman–Crippen MR) is 99.2 cm³/mol. The highest BCUT2D eigenvalue weighted by Gasteiger charge is 2.21. The quantitative estimate of drug-likeness (QED) is 0.695. The number of sulfonamides is 1. The van der Waals surface area contributed by atoms with Crippen LogP contribution >= 0.6 is 0 Å². The minimum Gasteiger partial charge on any atom is -0.497 e. The van der Waals surface area contributed by atoms with Crippen LogP contribution in [0.15, 0.2) is 53.4 Å². The Kier molecular flexibility index (Phi) is 6.54. The van der Waals surface area contributed by atoms with Gasteiger partial charge in [-0.25, -0.2) is 17.9 Å². The van der Waals surface area contributed by atoms with Crippen LogP contribution < -0.4 is 14.8 Å². The molecule has 144 valence electrons. The molecule has 2 aromatic rings. The minimum atomic E-state index is -3.70. The Morgan fingerprint density at radius 3 is 2.44 bits per heavy atom. The van der Waals surface area contributed by atoms with Gasteiger partial charge in [0, 0.05) is 11.8 Å². The van der Waals surface area contributed by atoms with E-state index in [0.29, 0.717) is 11.4 Å². The summed E-state index contributed by atoms with van der Waals surface area (Å²) in [4.78, 5) is 24.4. The molecule has 2 aromatic carbocycles. The van der Waals surface area contributed by atoms with Gasteiger partial charge in [-0.05, 0) is 44.3 Å². The van der Waals surface area contributed by atoms with Gasteiger partial charge >= 0.3 is 5.97 Å². The van der Waals surface area contributed by atoms with E-state index in [4.69, 9.17) is 9.47 Å². The van der Waals surface area contributed by atoms with Crippen molar-refractivity contribution in [3.05, 3.63) is 54.1 Å². The highest BCUT2D eigenvalue weighted by molar-refractivity contribution is 7.89. The number of amides is 1. The summed E-state index contributed by atoms with van der Waals surface area (Å²) >= 11 is 0. The van der Waals surface area contributed by atoms with Crippen molar-refractivity contribution in [3.8, 4) is 5.75 Å². The van der Waals surface area contributed by atoms with Crippen molar-refractivity contribution < 1.29 is 27.5 Å². The van der Waals surface area contributed by atoms with Crippen molar-refractivity contribution in [1.82, 2.24) is 4.72 Å². The van der Waals surface area contributed by atoms with E-state index in [0.717, 1.165) is 0 Å². The second-order valence-corrected chi connectivity index (χ2v) is 7.39. The second kappa shape index (κ2) is 8.65. The molecule has 0 aliphatic carbocycles. The van der Waals surface area contributed by atoms with E-state index in [1.165, 1.54) is 45.3 Å². The Balaban J connectivity index is 2.06. The van der Waals surface area contributed by atoms with Gasteiger partial charge < -0.3 is 14.8 Å². The average Bonchev–Trinajstić information content (AvgIpc) is 2.68. The lowest BCUT2D eigenvalue weighted by Gasteiger charge is -2.14. The number of ether oxygens (including phenoxy) is 2. The van der Waals surface area contributed by atoms with Crippen molar-refractivity contribution in [1.29, 1.82) is 0 Å². The fourth-order valence-corrected chi connectivity index (χ4v) is 2.91. The van der Waals surface area contributed by atoms with Gasteiger partial charge in [0.05, 0.1) is 17.6 Å². The summed E-state index contributed by atoms with van der Waals surface area (Å²) in [7, 11) is -0.918. The lowest BCUT2D eigenvalue weighted by Crippen LogP contribution is -2.30. The number of carbonyl (C=O) groups excluding carboxylic acids is 2. The smallest absolute Gasteiger partial charge is 0.338 e. The largest absolute Gasteiger partial charge is 0.497 e. The highest BCUT2D eigenvalue weighted by atomic mass is 32.2. The number of esters is 1. The number of hydrogen-bond acceptors (Lipinski definition) is 6. The number of benzene rings is 2. The first-order valence-corrected chi connectivity index (χ1v) is 9.44. The molecule has 0 unspecified atom stereocenters. The van der Waals surface area contributed by atoms with Gasteiger partial charge in [0.1, 0.15) is 5.75 Å². The Morgan fingerprint density at radius 2 is 1.78 bits per heavy atom. The summed E-state index contributed by atoms with van der Waals surface area (Å²) in [5.74, 6) is -0.771. The Morgan fingerprint density at radius 1 is 1.07 bits per heavy atom. The lowest BCUT2D eigenvalue weighted by atomic mass is 10.2. The van der Waals surface area contributed by atoms with Gasteiger partial charge in [-0.2, -0.15) is 0 Å². The number of rotatable bonds is 7. The molecular weight excluding hydrogens is 372 g/mol. The molecule has 0 fully saturated rings. The van der Waals surface area contributed by atoms with Crippen molar-refractivity contribution >= 4 is 27.6 Å². The van der Waals surface area contributed by atoms with Gasteiger partial charge in [-0.1, -0.05) is 12.1 Å². The lowest BCUT2D eigenvalue weighted by molar-refractivity contribution is -0.123. The molecule has 0 aromatic heterocycles. The molecule has 2 rings (SSSR count). The summed E-state index contributed by atoms with van der Waals surface area (Å²) in [6.45, 7) is 1.42. The van der Waals surface area contributed by atoms with Crippen molar-refractivity contribution in [3.63, 3.8) is 0 Å². The van der Waals surface area contributed by atoms with Crippen LogP contribution in [-0.4, -0.2) is 40.6 Å². The zero-order chi connectivity index (χ0) is 20.0. The fourth-order valence-electron chi connectivity index (χ4n) is 2.13.